The molecule has 0 atom stereocenters. The van der Waals surface area contributed by atoms with Gasteiger partial charge in [-0.25, -0.2) is 0 Å². The van der Waals surface area contributed by atoms with E-state index < -0.39 is 5.95 Å². The molecule has 0 unspecified atom stereocenters. The molecule has 1 N–H and O–H groups in total. The first-order chi connectivity index (χ1) is 6.79. The molecule has 0 bridgehead atoms. The Balaban J connectivity index is 2.90. The molecule has 14 heavy (non-hydrogen) atoms. The van der Waals surface area contributed by atoms with Crippen LogP contribution in [0.15, 0.2) is 48.6 Å². The minimum Gasteiger partial charge on any atom is -0.629 e. The maximum atomic E-state index is 10.9. The molecule has 2 nitrogen and oxygen atoms in total. The van der Waals surface area contributed by atoms with Gasteiger partial charge in [-0.1, -0.05) is 48.6 Å². The average molecular weight is 185 g/mol. The van der Waals surface area contributed by atoms with Gasteiger partial charge in [0.25, 0.3) is 0 Å². The molecule has 0 saturated heterocycles. The van der Waals surface area contributed by atoms with Gasteiger partial charge in [-0.05, 0) is 10.8 Å². The van der Waals surface area contributed by atoms with Gasteiger partial charge in [-0.15, -0.1) is 0 Å². The van der Waals surface area contributed by atoms with Crippen LogP contribution in [0.4, 0.5) is 0 Å². The Bertz CT molecular complexity index is 503. The summed E-state index contributed by atoms with van der Waals surface area (Å²) < 4.78 is 0. The van der Waals surface area contributed by atoms with Crippen molar-refractivity contribution in [2.24, 2.45) is 0 Å². The Morgan fingerprint density at radius 3 is 2.36 bits per heavy atom. The van der Waals surface area contributed by atoms with E-state index >= 15 is 0 Å². The molecule has 0 heterocycles. The van der Waals surface area contributed by atoms with Crippen molar-refractivity contribution in [2.75, 3.05) is 0 Å². The SMILES string of the molecule is [O-]C(O)=c1ccccc1=C1C=CC=C1. The summed E-state index contributed by atoms with van der Waals surface area (Å²) in [5.41, 5.74) is 0.947. The van der Waals surface area contributed by atoms with Crippen molar-refractivity contribution in [3.05, 3.63) is 59.0 Å². The van der Waals surface area contributed by atoms with Gasteiger partial charge in [0.15, 0.2) is 0 Å². The first-order valence-electron chi connectivity index (χ1n) is 4.33. The van der Waals surface area contributed by atoms with Crippen molar-refractivity contribution in [3.63, 3.8) is 0 Å². The molecule has 0 spiro atoms. The first-order valence-corrected chi connectivity index (χ1v) is 4.33. The second-order valence-electron chi connectivity index (χ2n) is 3.02. The van der Waals surface area contributed by atoms with Gasteiger partial charge in [0, 0.05) is 5.22 Å². The first kappa shape index (κ1) is 8.63. The van der Waals surface area contributed by atoms with Crippen LogP contribution >= 0.6 is 0 Å². The van der Waals surface area contributed by atoms with Crippen molar-refractivity contribution in [1.29, 1.82) is 0 Å². The summed E-state index contributed by atoms with van der Waals surface area (Å²) in [6.07, 6.45) is 7.60. The Kier molecular flexibility index (Phi) is 2.11. The fourth-order valence-corrected chi connectivity index (χ4v) is 1.47. The lowest BCUT2D eigenvalue weighted by Gasteiger charge is -2.00. The van der Waals surface area contributed by atoms with E-state index in [0.29, 0.717) is 5.22 Å². The van der Waals surface area contributed by atoms with Gasteiger partial charge in [0.2, 0.25) is 0 Å². The molecule has 1 aromatic rings. The van der Waals surface area contributed by atoms with E-state index in [4.69, 9.17) is 5.11 Å². The summed E-state index contributed by atoms with van der Waals surface area (Å²) in [6.45, 7) is 0. The maximum Gasteiger partial charge on any atom is 0.0563 e. The van der Waals surface area contributed by atoms with Gasteiger partial charge in [0.05, 0.1) is 5.95 Å². The summed E-state index contributed by atoms with van der Waals surface area (Å²) in [5, 5.41) is 21.0. The zero-order valence-corrected chi connectivity index (χ0v) is 7.47. The number of aliphatic hydroxyl groups excluding tert-OH is 1. The molecule has 70 valence electrons. The van der Waals surface area contributed by atoms with Crippen LogP contribution in [0.2, 0.25) is 0 Å². The van der Waals surface area contributed by atoms with Crippen molar-refractivity contribution in [3.8, 4) is 0 Å². The molecule has 0 saturated carbocycles. The topological polar surface area (TPSA) is 43.3 Å². The number of aliphatic hydroxyl groups is 1. The van der Waals surface area contributed by atoms with Crippen LogP contribution < -0.4 is 15.5 Å². The third kappa shape index (κ3) is 1.42. The van der Waals surface area contributed by atoms with E-state index in [1.807, 2.05) is 36.4 Å². The zero-order chi connectivity index (χ0) is 9.97. The van der Waals surface area contributed by atoms with Crippen LogP contribution in [-0.2, 0) is 0 Å². The molecule has 1 aliphatic carbocycles. The zero-order valence-electron chi connectivity index (χ0n) is 7.47. The highest BCUT2D eigenvalue weighted by molar-refractivity contribution is 5.71. The van der Waals surface area contributed by atoms with Crippen molar-refractivity contribution in [1.82, 2.24) is 0 Å². The Hall–Kier alpha value is -1.96. The second-order valence-corrected chi connectivity index (χ2v) is 3.02. The highest BCUT2D eigenvalue weighted by Crippen LogP contribution is 2.04. The Morgan fingerprint density at radius 1 is 1.07 bits per heavy atom. The number of rotatable bonds is 0. The maximum absolute atomic E-state index is 10.9. The molecule has 1 aromatic carbocycles. The Morgan fingerprint density at radius 2 is 1.71 bits per heavy atom. The lowest BCUT2D eigenvalue weighted by Crippen LogP contribution is -2.31. The van der Waals surface area contributed by atoms with E-state index in [1.54, 1.807) is 12.1 Å². The lowest BCUT2D eigenvalue weighted by atomic mass is 10.1. The molecule has 0 amide bonds. The average Bonchev–Trinajstić information content (AvgIpc) is 2.70. The highest BCUT2D eigenvalue weighted by Gasteiger charge is 1.94. The minimum atomic E-state index is -0.887. The minimum absolute atomic E-state index is 0.346. The molecule has 0 aliphatic heterocycles. The van der Waals surface area contributed by atoms with Crippen LogP contribution in [0.1, 0.15) is 0 Å². The van der Waals surface area contributed by atoms with Crippen molar-refractivity contribution >= 4 is 11.5 Å². The smallest absolute Gasteiger partial charge is 0.0563 e. The number of benzene rings is 1. The van der Waals surface area contributed by atoms with E-state index in [9.17, 15) is 5.11 Å². The van der Waals surface area contributed by atoms with E-state index in [0.717, 1.165) is 10.8 Å². The third-order valence-electron chi connectivity index (χ3n) is 2.13. The summed E-state index contributed by atoms with van der Waals surface area (Å²) >= 11 is 0. The second kappa shape index (κ2) is 3.42. The number of allylic oxidation sites excluding steroid dienone is 4. The highest BCUT2D eigenvalue weighted by atomic mass is 16.5. The fourth-order valence-electron chi connectivity index (χ4n) is 1.47. The lowest BCUT2D eigenvalue weighted by molar-refractivity contribution is -0.284. The van der Waals surface area contributed by atoms with Crippen LogP contribution in [0.25, 0.3) is 11.5 Å². The van der Waals surface area contributed by atoms with Crippen LogP contribution in [0.5, 0.6) is 0 Å². The van der Waals surface area contributed by atoms with Gasteiger partial charge < -0.3 is 10.2 Å². The standard InChI is InChI=1S/C12H10O2/c13-12(14)11-8-4-3-7-10(11)9-5-1-2-6-9/h1-8,13-14H/p-1. The van der Waals surface area contributed by atoms with Crippen LogP contribution in [-0.4, -0.2) is 5.11 Å². The third-order valence-corrected chi connectivity index (χ3v) is 2.13. The van der Waals surface area contributed by atoms with Crippen LogP contribution in [0.3, 0.4) is 0 Å². The molecule has 2 heteroatoms. The summed E-state index contributed by atoms with van der Waals surface area (Å²) in [6, 6.07) is 7.01. The predicted molar refractivity (Wildman–Crippen MR) is 53.4 cm³/mol. The largest absolute Gasteiger partial charge is 0.629 e. The molecule has 1 aliphatic rings. The number of hydrogen-bond donors (Lipinski definition) is 1. The quantitative estimate of drug-likeness (QED) is 0.615. The van der Waals surface area contributed by atoms with Gasteiger partial charge in [-0.3, -0.25) is 0 Å². The van der Waals surface area contributed by atoms with E-state index in [2.05, 4.69) is 0 Å². The predicted octanol–water partition coefficient (Wildman–Crippen LogP) is -0.0527. The Labute approximate surface area is 81.4 Å². The molecule has 0 aromatic heterocycles. The summed E-state index contributed by atoms with van der Waals surface area (Å²) in [5.74, 6) is -0.887. The molecular weight excluding hydrogens is 176 g/mol. The molecule has 2 rings (SSSR count). The normalized spacial score (nSPS) is 16.1. The monoisotopic (exact) mass is 185 g/mol. The summed E-state index contributed by atoms with van der Waals surface area (Å²) in [7, 11) is 0. The summed E-state index contributed by atoms with van der Waals surface area (Å²) in [4.78, 5) is 0. The fraction of sp³-hybridized carbons (Fsp3) is 0. The van der Waals surface area contributed by atoms with E-state index in [1.165, 1.54) is 0 Å². The van der Waals surface area contributed by atoms with Gasteiger partial charge in [-0.2, -0.15) is 0 Å². The van der Waals surface area contributed by atoms with Crippen molar-refractivity contribution in [2.45, 2.75) is 0 Å². The van der Waals surface area contributed by atoms with Crippen molar-refractivity contribution < 1.29 is 10.2 Å². The molecule has 0 fully saturated rings. The molecule has 0 radical (unpaired) electrons. The van der Waals surface area contributed by atoms with E-state index in [-0.39, 0.29) is 0 Å². The molecular formula is C12H9O2-. The van der Waals surface area contributed by atoms with Gasteiger partial charge in [0.1, 0.15) is 0 Å². The van der Waals surface area contributed by atoms with Gasteiger partial charge >= 0.3 is 0 Å². The van der Waals surface area contributed by atoms with Crippen LogP contribution in [0, 0.1) is 0 Å². The number of hydrogen-bond acceptors (Lipinski definition) is 2.